The van der Waals surface area contributed by atoms with Crippen LogP contribution in [0, 0.1) is 5.82 Å². The summed E-state index contributed by atoms with van der Waals surface area (Å²) in [6.45, 7) is 3.83. The zero-order chi connectivity index (χ0) is 15.5. The Morgan fingerprint density at radius 2 is 2.29 bits per heavy atom. The van der Waals surface area contributed by atoms with E-state index in [0.717, 1.165) is 5.01 Å². The summed E-state index contributed by atoms with van der Waals surface area (Å²) < 4.78 is 13.4. The molecule has 0 aliphatic rings. The molecular formula is C14H17FN4OS. The number of nitrogens with one attached hydrogen (secondary N) is 1. The number of hydrogen-bond acceptors (Lipinski definition) is 5. The van der Waals surface area contributed by atoms with Gasteiger partial charge in [0.05, 0.1) is 17.2 Å². The Morgan fingerprint density at radius 3 is 2.95 bits per heavy atom. The highest BCUT2D eigenvalue weighted by molar-refractivity contribution is 7.09. The minimum absolute atomic E-state index is 0.0285. The molecule has 3 N–H and O–H groups in total. The smallest absolute Gasteiger partial charge is 0.271 e. The summed E-state index contributed by atoms with van der Waals surface area (Å²) in [5.41, 5.74) is 6.06. The van der Waals surface area contributed by atoms with Gasteiger partial charge in [0.25, 0.3) is 5.91 Å². The highest BCUT2D eigenvalue weighted by Gasteiger charge is 2.17. The van der Waals surface area contributed by atoms with Crippen molar-refractivity contribution in [2.75, 3.05) is 0 Å². The van der Waals surface area contributed by atoms with Gasteiger partial charge in [-0.1, -0.05) is 0 Å². The molecule has 2 aromatic rings. The van der Waals surface area contributed by atoms with Crippen LogP contribution in [0.1, 0.15) is 35.0 Å². The van der Waals surface area contributed by atoms with E-state index in [1.807, 2.05) is 13.8 Å². The predicted molar refractivity (Wildman–Crippen MR) is 79.4 cm³/mol. The molecule has 0 aliphatic carbocycles. The van der Waals surface area contributed by atoms with Crippen LogP contribution in [0.15, 0.2) is 23.7 Å². The van der Waals surface area contributed by atoms with Crippen LogP contribution in [-0.4, -0.2) is 21.4 Å². The third-order valence-electron chi connectivity index (χ3n) is 2.64. The van der Waals surface area contributed by atoms with E-state index in [0.29, 0.717) is 12.1 Å². The highest BCUT2D eigenvalue weighted by atomic mass is 32.1. The lowest BCUT2D eigenvalue weighted by molar-refractivity contribution is 0.0945. The summed E-state index contributed by atoms with van der Waals surface area (Å²) >= 11 is 1.39. The molecule has 0 bridgehead atoms. The van der Waals surface area contributed by atoms with Crippen molar-refractivity contribution in [3.8, 4) is 0 Å². The molecule has 2 rings (SSSR count). The standard InChI is InChI=1S/C14H17FN4OS/c1-14(2,16)6-12-19-11(8-21-12)13(20)18-7-10-9(15)4-3-5-17-10/h3-5,8H,6-7,16H2,1-2H3,(H,18,20). The molecule has 0 atom stereocenters. The molecule has 2 heterocycles. The Balaban J connectivity index is 1.96. The molecule has 21 heavy (non-hydrogen) atoms. The molecule has 0 aliphatic heterocycles. The quantitative estimate of drug-likeness (QED) is 0.884. The first-order valence-electron chi connectivity index (χ1n) is 6.46. The first-order chi connectivity index (χ1) is 9.85. The second-order valence-electron chi connectivity index (χ2n) is 5.41. The van der Waals surface area contributed by atoms with Crippen molar-refractivity contribution in [2.45, 2.75) is 32.4 Å². The van der Waals surface area contributed by atoms with Crippen LogP contribution in [0.2, 0.25) is 0 Å². The van der Waals surface area contributed by atoms with E-state index in [2.05, 4.69) is 15.3 Å². The Morgan fingerprint density at radius 1 is 1.52 bits per heavy atom. The largest absolute Gasteiger partial charge is 0.345 e. The normalized spacial score (nSPS) is 11.4. The van der Waals surface area contributed by atoms with Gasteiger partial charge in [0.1, 0.15) is 11.5 Å². The van der Waals surface area contributed by atoms with E-state index < -0.39 is 5.82 Å². The molecule has 0 saturated carbocycles. The van der Waals surface area contributed by atoms with Gasteiger partial charge in [-0.05, 0) is 26.0 Å². The number of nitrogens with zero attached hydrogens (tertiary/aromatic N) is 2. The fourth-order valence-electron chi connectivity index (χ4n) is 1.69. The van der Waals surface area contributed by atoms with Crippen molar-refractivity contribution in [2.24, 2.45) is 5.73 Å². The first-order valence-corrected chi connectivity index (χ1v) is 7.34. The molecule has 2 aromatic heterocycles. The van der Waals surface area contributed by atoms with Crippen LogP contribution in [0.25, 0.3) is 0 Å². The van der Waals surface area contributed by atoms with E-state index in [-0.39, 0.29) is 23.7 Å². The number of hydrogen-bond donors (Lipinski definition) is 2. The van der Waals surface area contributed by atoms with E-state index in [4.69, 9.17) is 5.73 Å². The number of carbonyl (C=O) groups excluding carboxylic acids is 1. The first kappa shape index (κ1) is 15.5. The number of carbonyl (C=O) groups is 1. The Kier molecular flexibility index (Phi) is 4.64. The molecule has 1 amide bonds. The van der Waals surface area contributed by atoms with Gasteiger partial charge in [-0.2, -0.15) is 0 Å². The molecule has 112 valence electrons. The van der Waals surface area contributed by atoms with E-state index in [1.54, 1.807) is 5.38 Å². The summed E-state index contributed by atoms with van der Waals surface area (Å²) in [4.78, 5) is 20.1. The maximum absolute atomic E-state index is 13.4. The van der Waals surface area contributed by atoms with Gasteiger partial charge in [0.2, 0.25) is 0 Å². The van der Waals surface area contributed by atoms with E-state index >= 15 is 0 Å². The number of aromatic nitrogens is 2. The third-order valence-corrected chi connectivity index (χ3v) is 3.49. The van der Waals surface area contributed by atoms with Crippen molar-refractivity contribution in [3.05, 3.63) is 45.9 Å². The van der Waals surface area contributed by atoms with Crippen LogP contribution in [0.5, 0.6) is 0 Å². The monoisotopic (exact) mass is 308 g/mol. The summed E-state index contributed by atoms with van der Waals surface area (Å²) in [5, 5.41) is 5.08. The van der Waals surface area contributed by atoms with Gasteiger partial charge in [-0.25, -0.2) is 9.37 Å². The van der Waals surface area contributed by atoms with Gasteiger partial charge in [0, 0.05) is 23.5 Å². The molecule has 7 heteroatoms. The van der Waals surface area contributed by atoms with Crippen molar-refractivity contribution in [1.29, 1.82) is 0 Å². The van der Waals surface area contributed by atoms with Gasteiger partial charge < -0.3 is 11.1 Å². The molecule has 5 nitrogen and oxygen atoms in total. The second kappa shape index (κ2) is 6.28. The number of amides is 1. The topological polar surface area (TPSA) is 80.9 Å². The Hall–Kier alpha value is -1.86. The lowest BCUT2D eigenvalue weighted by Gasteiger charge is -2.15. The predicted octanol–water partition coefficient (Wildman–Crippen LogP) is 1.89. The van der Waals surface area contributed by atoms with Crippen LogP contribution >= 0.6 is 11.3 Å². The van der Waals surface area contributed by atoms with Crippen molar-refractivity contribution in [3.63, 3.8) is 0 Å². The van der Waals surface area contributed by atoms with E-state index in [9.17, 15) is 9.18 Å². The molecule has 0 aromatic carbocycles. The van der Waals surface area contributed by atoms with Crippen LogP contribution < -0.4 is 11.1 Å². The average molecular weight is 308 g/mol. The minimum Gasteiger partial charge on any atom is -0.345 e. The lowest BCUT2D eigenvalue weighted by atomic mass is 10.0. The number of nitrogens with two attached hydrogens (primary N) is 1. The Bertz CT molecular complexity index is 636. The lowest BCUT2D eigenvalue weighted by Crippen LogP contribution is -2.34. The maximum Gasteiger partial charge on any atom is 0.271 e. The van der Waals surface area contributed by atoms with Crippen LogP contribution in [0.4, 0.5) is 4.39 Å². The number of rotatable bonds is 5. The summed E-state index contributed by atoms with van der Waals surface area (Å²) in [7, 11) is 0. The van der Waals surface area contributed by atoms with Gasteiger partial charge >= 0.3 is 0 Å². The molecule has 0 radical (unpaired) electrons. The summed E-state index contributed by atoms with van der Waals surface area (Å²) in [6, 6.07) is 2.81. The maximum atomic E-state index is 13.4. The molecular weight excluding hydrogens is 291 g/mol. The van der Waals surface area contributed by atoms with Crippen molar-refractivity contribution >= 4 is 17.2 Å². The summed E-state index contributed by atoms with van der Waals surface area (Å²) in [5.74, 6) is -0.793. The Labute approximate surface area is 126 Å². The fraction of sp³-hybridized carbons (Fsp3) is 0.357. The van der Waals surface area contributed by atoms with E-state index in [1.165, 1.54) is 29.7 Å². The average Bonchev–Trinajstić information content (AvgIpc) is 2.83. The fourth-order valence-corrected chi connectivity index (χ4v) is 2.70. The highest BCUT2D eigenvalue weighted by Crippen LogP contribution is 2.15. The molecule has 0 saturated heterocycles. The third kappa shape index (κ3) is 4.57. The zero-order valence-electron chi connectivity index (χ0n) is 11.9. The zero-order valence-corrected chi connectivity index (χ0v) is 12.7. The number of thiazole rings is 1. The van der Waals surface area contributed by atoms with Crippen LogP contribution in [-0.2, 0) is 13.0 Å². The van der Waals surface area contributed by atoms with Crippen molar-refractivity contribution in [1.82, 2.24) is 15.3 Å². The summed E-state index contributed by atoms with van der Waals surface area (Å²) in [6.07, 6.45) is 2.08. The molecule has 0 fully saturated rings. The second-order valence-corrected chi connectivity index (χ2v) is 6.35. The minimum atomic E-state index is -0.443. The van der Waals surface area contributed by atoms with Gasteiger partial charge in [0.15, 0.2) is 0 Å². The van der Waals surface area contributed by atoms with Crippen molar-refractivity contribution < 1.29 is 9.18 Å². The number of halogens is 1. The molecule has 0 spiro atoms. The SMILES string of the molecule is CC(C)(N)Cc1nc(C(=O)NCc2ncccc2F)cs1. The van der Waals surface area contributed by atoms with Crippen LogP contribution in [0.3, 0.4) is 0 Å². The van der Waals surface area contributed by atoms with Gasteiger partial charge in [-0.3, -0.25) is 9.78 Å². The molecule has 0 unspecified atom stereocenters. The number of pyridine rings is 1. The van der Waals surface area contributed by atoms with Gasteiger partial charge in [-0.15, -0.1) is 11.3 Å².